The van der Waals surface area contributed by atoms with Gasteiger partial charge in [0.05, 0.1) is 5.54 Å². The van der Waals surface area contributed by atoms with Crippen LogP contribution >= 0.6 is 11.6 Å². The van der Waals surface area contributed by atoms with Gasteiger partial charge in [0.2, 0.25) is 0 Å². The molecule has 0 aliphatic heterocycles. The monoisotopic (exact) mass is 299 g/mol. The Morgan fingerprint density at radius 3 is 2.35 bits per heavy atom. The normalized spacial score (nSPS) is 25.8. The lowest BCUT2D eigenvalue weighted by molar-refractivity contribution is 0.0202. The SMILES string of the molecule is CC(C)(C)OC(=O)NC1(c2ccc(Cl)cc2)CC(F)C1. The second-order valence-electron chi connectivity index (χ2n) is 6.22. The van der Waals surface area contributed by atoms with Crippen LogP contribution in [-0.4, -0.2) is 17.9 Å². The van der Waals surface area contributed by atoms with Gasteiger partial charge in [-0.15, -0.1) is 0 Å². The molecular weight excluding hydrogens is 281 g/mol. The van der Waals surface area contributed by atoms with Crippen LogP contribution in [0, 0.1) is 0 Å². The highest BCUT2D eigenvalue weighted by atomic mass is 35.5. The van der Waals surface area contributed by atoms with Gasteiger partial charge in [-0.3, -0.25) is 0 Å². The van der Waals surface area contributed by atoms with Crippen LogP contribution in [0.25, 0.3) is 0 Å². The molecule has 1 saturated carbocycles. The van der Waals surface area contributed by atoms with E-state index in [0.717, 1.165) is 5.56 Å². The molecule has 1 aromatic carbocycles. The molecule has 0 radical (unpaired) electrons. The molecule has 0 saturated heterocycles. The van der Waals surface area contributed by atoms with Crippen molar-refractivity contribution in [3.05, 3.63) is 34.9 Å². The van der Waals surface area contributed by atoms with Gasteiger partial charge in [-0.2, -0.15) is 0 Å². The minimum absolute atomic E-state index is 0.258. The summed E-state index contributed by atoms with van der Waals surface area (Å²) in [4.78, 5) is 11.9. The molecule has 5 heteroatoms. The topological polar surface area (TPSA) is 38.3 Å². The first-order chi connectivity index (χ1) is 9.20. The standard InChI is InChI=1S/C15H19ClFNO2/c1-14(2,3)20-13(19)18-15(8-12(17)9-15)10-4-6-11(16)7-5-10/h4-7,12H,8-9H2,1-3H3,(H,18,19). The zero-order valence-electron chi connectivity index (χ0n) is 11.9. The highest BCUT2D eigenvalue weighted by molar-refractivity contribution is 6.30. The first-order valence-electron chi connectivity index (χ1n) is 6.61. The van der Waals surface area contributed by atoms with Crippen molar-refractivity contribution in [1.82, 2.24) is 5.32 Å². The maximum Gasteiger partial charge on any atom is 0.408 e. The van der Waals surface area contributed by atoms with Crippen molar-refractivity contribution in [3.8, 4) is 0 Å². The fourth-order valence-corrected chi connectivity index (χ4v) is 2.50. The number of alkyl halides is 1. The summed E-state index contributed by atoms with van der Waals surface area (Å²) in [6.07, 6.45) is -0.915. The Morgan fingerprint density at radius 1 is 1.35 bits per heavy atom. The number of hydrogen-bond acceptors (Lipinski definition) is 2. The Hall–Kier alpha value is -1.29. The van der Waals surface area contributed by atoms with E-state index in [-0.39, 0.29) is 12.8 Å². The number of carbonyl (C=O) groups is 1. The number of amides is 1. The van der Waals surface area contributed by atoms with E-state index in [0.29, 0.717) is 5.02 Å². The smallest absolute Gasteiger partial charge is 0.408 e. The summed E-state index contributed by atoms with van der Waals surface area (Å²) in [5, 5.41) is 3.42. The van der Waals surface area contributed by atoms with Gasteiger partial charge in [-0.1, -0.05) is 23.7 Å². The van der Waals surface area contributed by atoms with Gasteiger partial charge < -0.3 is 10.1 Å². The van der Waals surface area contributed by atoms with E-state index in [1.54, 1.807) is 32.9 Å². The van der Waals surface area contributed by atoms with E-state index < -0.39 is 23.4 Å². The van der Waals surface area contributed by atoms with E-state index in [9.17, 15) is 9.18 Å². The molecule has 1 amide bonds. The predicted molar refractivity (Wildman–Crippen MR) is 76.6 cm³/mol. The Balaban J connectivity index is 2.14. The summed E-state index contributed by atoms with van der Waals surface area (Å²) in [7, 11) is 0. The summed E-state index contributed by atoms with van der Waals surface area (Å²) in [5.74, 6) is 0. The molecule has 0 aromatic heterocycles. The molecule has 1 N–H and O–H groups in total. The molecule has 0 heterocycles. The highest BCUT2D eigenvalue weighted by Crippen LogP contribution is 2.43. The van der Waals surface area contributed by atoms with Gasteiger partial charge in [0.15, 0.2) is 0 Å². The van der Waals surface area contributed by atoms with Crippen LogP contribution in [0.5, 0.6) is 0 Å². The zero-order chi connectivity index (χ0) is 15.0. The molecule has 2 rings (SSSR count). The molecule has 0 unspecified atom stereocenters. The molecule has 1 aliphatic rings. The lowest BCUT2D eigenvalue weighted by Crippen LogP contribution is -2.56. The van der Waals surface area contributed by atoms with Crippen molar-refractivity contribution in [3.63, 3.8) is 0 Å². The number of alkyl carbamates (subject to hydrolysis) is 1. The fourth-order valence-electron chi connectivity index (χ4n) is 2.37. The number of carbonyl (C=O) groups excluding carboxylic acids is 1. The maximum absolute atomic E-state index is 13.3. The van der Waals surface area contributed by atoms with Crippen LogP contribution in [0.1, 0.15) is 39.2 Å². The molecule has 0 atom stereocenters. The van der Waals surface area contributed by atoms with Crippen molar-refractivity contribution >= 4 is 17.7 Å². The third-order valence-electron chi connectivity index (χ3n) is 3.28. The molecule has 3 nitrogen and oxygen atoms in total. The summed E-state index contributed by atoms with van der Waals surface area (Å²) in [6.45, 7) is 5.38. The molecule has 1 aliphatic carbocycles. The zero-order valence-corrected chi connectivity index (χ0v) is 12.6. The first kappa shape index (κ1) is 15.1. The van der Waals surface area contributed by atoms with E-state index in [2.05, 4.69) is 5.32 Å². The van der Waals surface area contributed by atoms with E-state index in [4.69, 9.17) is 16.3 Å². The van der Waals surface area contributed by atoms with Gasteiger partial charge in [-0.05, 0) is 38.5 Å². The number of rotatable bonds is 2. The van der Waals surface area contributed by atoms with Crippen molar-refractivity contribution in [1.29, 1.82) is 0 Å². The van der Waals surface area contributed by atoms with Crippen molar-refractivity contribution in [2.75, 3.05) is 0 Å². The van der Waals surface area contributed by atoms with Crippen molar-refractivity contribution in [2.45, 2.75) is 50.9 Å². The number of nitrogens with one attached hydrogen (secondary N) is 1. The second kappa shape index (κ2) is 5.24. The molecular formula is C15H19ClFNO2. The predicted octanol–water partition coefficient (Wildman–Crippen LogP) is 4.19. The minimum Gasteiger partial charge on any atom is -0.444 e. The van der Waals surface area contributed by atoms with E-state index in [1.807, 2.05) is 12.1 Å². The van der Waals surface area contributed by atoms with Gasteiger partial charge in [-0.25, -0.2) is 9.18 Å². The van der Waals surface area contributed by atoms with Gasteiger partial charge in [0.25, 0.3) is 0 Å². The maximum atomic E-state index is 13.3. The van der Waals surface area contributed by atoms with Gasteiger partial charge in [0, 0.05) is 17.9 Å². The Morgan fingerprint density at radius 2 is 1.90 bits per heavy atom. The summed E-state index contributed by atoms with van der Waals surface area (Å²) < 4.78 is 18.6. The Bertz CT molecular complexity index is 490. The Labute approximate surface area is 123 Å². The van der Waals surface area contributed by atoms with Gasteiger partial charge >= 0.3 is 6.09 Å². The van der Waals surface area contributed by atoms with Crippen LogP contribution in [0.4, 0.5) is 9.18 Å². The van der Waals surface area contributed by atoms with Crippen LogP contribution < -0.4 is 5.32 Å². The summed E-state index contributed by atoms with van der Waals surface area (Å²) in [6, 6.07) is 7.10. The highest BCUT2D eigenvalue weighted by Gasteiger charge is 2.47. The number of halogens is 2. The lowest BCUT2D eigenvalue weighted by atomic mass is 9.70. The molecule has 1 fully saturated rings. The molecule has 110 valence electrons. The molecule has 0 spiro atoms. The summed E-state index contributed by atoms with van der Waals surface area (Å²) >= 11 is 5.86. The average molecular weight is 300 g/mol. The summed E-state index contributed by atoms with van der Waals surface area (Å²) in [5.41, 5.74) is -0.419. The van der Waals surface area contributed by atoms with Crippen LogP contribution in [0.3, 0.4) is 0 Å². The number of hydrogen-bond donors (Lipinski definition) is 1. The van der Waals surface area contributed by atoms with Gasteiger partial charge in [0.1, 0.15) is 11.8 Å². The lowest BCUT2D eigenvalue weighted by Gasteiger charge is -2.45. The first-order valence-corrected chi connectivity index (χ1v) is 6.99. The third-order valence-corrected chi connectivity index (χ3v) is 3.53. The van der Waals surface area contributed by atoms with E-state index >= 15 is 0 Å². The fraction of sp³-hybridized carbons (Fsp3) is 0.533. The quantitative estimate of drug-likeness (QED) is 0.889. The molecule has 0 bridgehead atoms. The van der Waals surface area contributed by atoms with E-state index in [1.165, 1.54) is 0 Å². The second-order valence-corrected chi connectivity index (χ2v) is 6.66. The Kier molecular flexibility index (Phi) is 3.96. The van der Waals surface area contributed by atoms with Crippen LogP contribution in [-0.2, 0) is 10.3 Å². The average Bonchev–Trinajstić information content (AvgIpc) is 2.24. The van der Waals surface area contributed by atoms with Crippen LogP contribution in [0.2, 0.25) is 5.02 Å². The van der Waals surface area contributed by atoms with Crippen molar-refractivity contribution in [2.24, 2.45) is 0 Å². The third kappa shape index (κ3) is 3.42. The number of benzene rings is 1. The minimum atomic E-state index is -0.902. The largest absolute Gasteiger partial charge is 0.444 e. The van der Waals surface area contributed by atoms with Crippen LogP contribution in [0.15, 0.2) is 24.3 Å². The molecule has 20 heavy (non-hydrogen) atoms. The number of ether oxygens (including phenoxy) is 1. The molecule has 1 aromatic rings. The van der Waals surface area contributed by atoms with Crippen molar-refractivity contribution < 1.29 is 13.9 Å².